The Morgan fingerprint density at radius 2 is 1.24 bits per heavy atom. The van der Waals surface area contributed by atoms with Crippen LogP contribution in [0.2, 0.25) is 0 Å². The van der Waals surface area contributed by atoms with Crippen molar-refractivity contribution in [2.24, 2.45) is 0 Å². The highest BCUT2D eigenvalue weighted by molar-refractivity contribution is 5.97. The van der Waals surface area contributed by atoms with Crippen LogP contribution >= 0.6 is 0 Å². The Bertz CT molecular complexity index is 977. The van der Waals surface area contributed by atoms with Crippen molar-refractivity contribution >= 4 is 29.1 Å². The number of nitrogens with one attached hydrogen (secondary N) is 2. The molecule has 4 rings (SSSR count). The van der Waals surface area contributed by atoms with Gasteiger partial charge in [0.2, 0.25) is 5.91 Å². The molecule has 0 atom stereocenters. The third-order valence-electron chi connectivity index (χ3n) is 6.26. The van der Waals surface area contributed by atoms with Gasteiger partial charge in [-0.1, -0.05) is 6.07 Å². The lowest BCUT2D eigenvalue weighted by atomic mass is 10.1. The molecule has 7 nitrogen and oxygen atoms in total. The Balaban J connectivity index is 1.28. The van der Waals surface area contributed by atoms with Crippen molar-refractivity contribution in [3.05, 3.63) is 59.7 Å². The average Bonchev–Trinajstić information content (AvgIpc) is 2.88. The minimum atomic E-state index is -0.196. The second-order valence-corrected chi connectivity index (χ2v) is 8.77. The van der Waals surface area contributed by atoms with Crippen molar-refractivity contribution in [1.82, 2.24) is 9.80 Å². The number of benzene rings is 2. The Morgan fingerprint density at radius 3 is 1.85 bits per heavy atom. The fourth-order valence-electron chi connectivity index (χ4n) is 4.40. The Labute approximate surface area is 195 Å². The van der Waals surface area contributed by atoms with Crippen LogP contribution in [0.4, 0.5) is 11.4 Å². The molecule has 2 aromatic rings. The molecule has 0 radical (unpaired) electrons. The van der Waals surface area contributed by atoms with E-state index in [0.717, 1.165) is 57.5 Å². The summed E-state index contributed by atoms with van der Waals surface area (Å²) in [4.78, 5) is 41.5. The van der Waals surface area contributed by atoms with Gasteiger partial charge in [-0.15, -0.1) is 0 Å². The maximum Gasteiger partial charge on any atom is 0.253 e. The molecule has 0 bridgehead atoms. The van der Waals surface area contributed by atoms with Crippen LogP contribution in [0.3, 0.4) is 0 Å². The summed E-state index contributed by atoms with van der Waals surface area (Å²) >= 11 is 0. The van der Waals surface area contributed by atoms with Crippen molar-refractivity contribution in [2.45, 2.75) is 38.5 Å². The topological polar surface area (TPSA) is 81.8 Å². The number of hydrogen-bond acceptors (Lipinski definition) is 4. The van der Waals surface area contributed by atoms with Crippen molar-refractivity contribution in [2.75, 3.05) is 43.4 Å². The fourth-order valence-corrected chi connectivity index (χ4v) is 4.40. The minimum Gasteiger partial charge on any atom is -0.376 e. The smallest absolute Gasteiger partial charge is 0.253 e. The van der Waals surface area contributed by atoms with Crippen LogP contribution < -0.4 is 10.6 Å². The van der Waals surface area contributed by atoms with Crippen molar-refractivity contribution < 1.29 is 14.4 Å². The molecule has 2 aromatic carbocycles. The van der Waals surface area contributed by atoms with Crippen molar-refractivity contribution in [1.29, 1.82) is 0 Å². The van der Waals surface area contributed by atoms with Crippen LogP contribution in [0.15, 0.2) is 48.5 Å². The standard InChI is InChI=1S/C26H32N4O3/c31-24(28-22-12-10-20(11-13-22)25(32)29-14-3-1-4-15-29)19-27-23-9-7-8-21(18-23)26(33)30-16-5-2-6-17-30/h7-13,18,27H,1-6,14-17,19H2,(H,28,31). The second kappa shape index (κ2) is 11.0. The number of anilines is 2. The third-order valence-corrected chi connectivity index (χ3v) is 6.26. The van der Waals surface area contributed by atoms with E-state index in [9.17, 15) is 14.4 Å². The number of carbonyl (C=O) groups excluding carboxylic acids is 3. The van der Waals surface area contributed by atoms with Crippen LogP contribution in [-0.4, -0.2) is 60.2 Å². The van der Waals surface area contributed by atoms with E-state index in [2.05, 4.69) is 10.6 Å². The van der Waals surface area contributed by atoms with E-state index in [1.165, 1.54) is 12.8 Å². The summed E-state index contributed by atoms with van der Waals surface area (Å²) in [5, 5.41) is 5.94. The van der Waals surface area contributed by atoms with Crippen LogP contribution in [0.25, 0.3) is 0 Å². The summed E-state index contributed by atoms with van der Waals surface area (Å²) in [7, 11) is 0. The molecule has 0 aromatic heterocycles. The molecule has 2 heterocycles. The SMILES string of the molecule is O=C(CNc1cccc(C(=O)N2CCCCC2)c1)Nc1ccc(C(=O)N2CCCCC2)cc1. The van der Waals surface area contributed by atoms with E-state index >= 15 is 0 Å². The second-order valence-electron chi connectivity index (χ2n) is 8.77. The lowest BCUT2D eigenvalue weighted by molar-refractivity contribution is -0.114. The zero-order chi connectivity index (χ0) is 23.0. The third kappa shape index (κ3) is 6.12. The number of rotatable bonds is 6. The van der Waals surface area contributed by atoms with Gasteiger partial charge in [0.15, 0.2) is 0 Å². The zero-order valence-corrected chi connectivity index (χ0v) is 19.0. The molecule has 2 N–H and O–H groups in total. The van der Waals surface area contributed by atoms with Gasteiger partial charge in [0, 0.05) is 48.7 Å². The van der Waals surface area contributed by atoms with Gasteiger partial charge in [0.05, 0.1) is 6.54 Å². The van der Waals surface area contributed by atoms with Crippen molar-refractivity contribution in [3.8, 4) is 0 Å². The molecule has 0 saturated carbocycles. The predicted molar refractivity (Wildman–Crippen MR) is 130 cm³/mol. The summed E-state index contributed by atoms with van der Waals surface area (Å²) in [5.41, 5.74) is 2.65. The number of nitrogens with zero attached hydrogens (tertiary/aromatic N) is 2. The van der Waals surface area contributed by atoms with Crippen molar-refractivity contribution in [3.63, 3.8) is 0 Å². The van der Waals surface area contributed by atoms with Gasteiger partial charge in [0.1, 0.15) is 0 Å². The summed E-state index contributed by atoms with van der Waals surface area (Å²) in [6.45, 7) is 3.32. The number of piperidine rings is 2. The van der Waals surface area contributed by atoms with Gasteiger partial charge in [-0.25, -0.2) is 0 Å². The summed E-state index contributed by atoms with van der Waals surface area (Å²) in [5.74, 6) is -0.104. The molecule has 174 valence electrons. The van der Waals surface area contributed by atoms with Gasteiger partial charge in [-0.05, 0) is 81.0 Å². The van der Waals surface area contributed by atoms with E-state index < -0.39 is 0 Å². The molecule has 0 aliphatic carbocycles. The van der Waals surface area contributed by atoms with Crippen LogP contribution in [-0.2, 0) is 4.79 Å². The zero-order valence-electron chi connectivity index (χ0n) is 19.0. The quantitative estimate of drug-likeness (QED) is 0.700. The van der Waals surface area contributed by atoms with Crippen LogP contribution in [0, 0.1) is 0 Å². The minimum absolute atomic E-state index is 0.0435. The lowest BCUT2D eigenvalue weighted by Crippen LogP contribution is -2.35. The first-order valence-corrected chi connectivity index (χ1v) is 11.9. The van der Waals surface area contributed by atoms with Gasteiger partial charge in [-0.2, -0.15) is 0 Å². The van der Waals surface area contributed by atoms with Gasteiger partial charge in [0.25, 0.3) is 11.8 Å². The lowest BCUT2D eigenvalue weighted by Gasteiger charge is -2.26. The molecule has 3 amide bonds. The van der Waals surface area contributed by atoms with Crippen LogP contribution in [0.1, 0.15) is 59.2 Å². The first kappa shape index (κ1) is 22.8. The Morgan fingerprint density at radius 1 is 0.667 bits per heavy atom. The highest BCUT2D eigenvalue weighted by Crippen LogP contribution is 2.17. The van der Waals surface area contributed by atoms with Gasteiger partial charge < -0.3 is 20.4 Å². The molecular weight excluding hydrogens is 416 g/mol. The maximum absolute atomic E-state index is 12.7. The summed E-state index contributed by atoms with van der Waals surface area (Å²) in [6, 6.07) is 14.3. The Hall–Kier alpha value is -3.35. The monoisotopic (exact) mass is 448 g/mol. The molecule has 2 aliphatic heterocycles. The van der Waals surface area contributed by atoms with E-state index in [1.54, 1.807) is 30.3 Å². The van der Waals surface area contributed by atoms with E-state index in [1.807, 2.05) is 28.0 Å². The fraction of sp³-hybridized carbons (Fsp3) is 0.423. The largest absolute Gasteiger partial charge is 0.376 e. The van der Waals surface area contributed by atoms with Gasteiger partial charge in [-0.3, -0.25) is 14.4 Å². The highest BCUT2D eigenvalue weighted by atomic mass is 16.2. The summed E-state index contributed by atoms with van der Waals surface area (Å²) < 4.78 is 0. The first-order chi connectivity index (χ1) is 16.1. The average molecular weight is 449 g/mol. The Kier molecular flexibility index (Phi) is 7.60. The number of amides is 3. The maximum atomic E-state index is 12.7. The molecular formula is C26H32N4O3. The number of carbonyl (C=O) groups is 3. The van der Waals surface area contributed by atoms with Crippen LogP contribution in [0.5, 0.6) is 0 Å². The van der Waals surface area contributed by atoms with E-state index in [-0.39, 0.29) is 24.3 Å². The molecule has 0 unspecified atom stereocenters. The molecule has 0 spiro atoms. The highest BCUT2D eigenvalue weighted by Gasteiger charge is 2.19. The van der Waals surface area contributed by atoms with Gasteiger partial charge >= 0.3 is 0 Å². The first-order valence-electron chi connectivity index (χ1n) is 11.9. The molecule has 2 fully saturated rings. The molecule has 2 saturated heterocycles. The molecule has 7 heteroatoms. The molecule has 33 heavy (non-hydrogen) atoms. The normalized spacial score (nSPS) is 16.2. The number of hydrogen-bond donors (Lipinski definition) is 2. The molecule has 2 aliphatic rings. The number of likely N-dealkylation sites (tertiary alicyclic amines) is 2. The predicted octanol–water partition coefficient (Wildman–Crippen LogP) is 3.99. The summed E-state index contributed by atoms with van der Waals surface area (Å²) in [6.07, 6.45) is 6.58. The van der Waals surface area contributed by atoms with E-state index in [0.29, 0.717) is 16.8 Å². The van der Waals surface area contributed by atoms with E-state index in [4.69, 9.17) is 0 Å².